The molecule has 0 saturated carbocycles. The molecule has 0 aromatic carbocycles. The van der Waals surface area contributed by atoms with E-state index in [2.05, 4.69) is 11.3 Å². The van der Waals surface area contributed by atoms with Crippen LogP contribution < -0.4 is 0 Å². The molecule has 0 spiro atoms. The summed E-state index contributed by atoms with van der Waals surface area (Å²) in [7, 11) is 0. The third-order valence-corrected chi connectivity index (χ3v) is 1.23. The Morgan fingerprint density at radius 3 is 2.90 bits per heavy atom. The van der Waals surface area contributed by atoms with Crippen molar-refractivity contribution in [1.82, 2.24) is 0 Å². The monoisotopic (exact) mass is 162 g/mol. The van der Waals surface area contributed by atoms with Crippen molar-refractivity contribution in [1.29, 1.82) is 0 Å². The average molecular weight is 163 g/mol. The topological polar surface area (TPSA) is 26.3 Å². The van der Waals surface area contributed by atoms with Gasteiger partial charge in [-0.15, -0.1) is 6.58 Å². The highest BCUT2D eigenvalue weighted by molar-refractivity contribution is 6.17. The van der Waals surface area contributed by atoms with Crippen LogP contribution in [0.15, 0.2) is 12.7 Å². The molecule has 2 nitrogen and oxygen atoms in total. The van der Waals surface area contributed by atoms with Gasteiger partial charge in [0.05, 0.1) is 5.92 Å². The third-order valence-electron chi connectivity index (χ3n) is 1.12. The fourth-order valence-electron chi connectivity index (χ4n) is 0.542. The number of esters is 1. The summed E-state index contributed by atoms with van der Waals surface area (Å²) < 4.78 is 4.53. The lowest BCUT2D eigenvalue weighted by Crippen LogP contribution is -2.12. The number of ether oxygens (including phenoxy) is 1. The Morgan fingerprint density at radius 1 is 1.90 bits per heavy atom. The van der Waals surface area contributed by atoms with Crippen molar-refractivity contribution in [2.45, 2.75) is 13.3 Å². The van der Waals surface area contributed by atoms with E-state index >= 15 is 0 Å². The van der Waals surface area contributed by atoms with Gasteiger partial charge < -0.3 is 4.74 Å². The second-order valence-electron chi connectivity index (χ2n) is 2.00. The lowest BCUT2D eigenvalue weighted by atomic mass is 10.1. The van der Waals surface area contributed by atoms with Gasteiger partial charge in [-0.2, -0.15) is 0 Å². The van der Waals surface area contributed by atoms with Gasteiger partial charge in [0.15, 0.2) is 6.07 Å². The largest absolute Gasteiger partial charge is 0.449 e. The molecule has 0 bridgehead atoms. The molecule has 10 heavy (non-hydrogen) atoms. The zero-order valence-corrected chi connectivity index (χ0v) is 6.73. The number of hydrogen-bond acceptors (Lipinski definition) is 2. The lowest BCUT2D eigenvalue weighted by Gasteiger charge is -2.05. The Kier molecular flexibility index (Phi) is 5.03. The van der Waals surface area contributed by atoms with Gasteiger partial charge in [-0.1, -0.05) is 24.6 Å². The van der Waals surface area contributed by atoms with Crippen molar-refractivity contribution < 1.29 is 9.53 Å². The zero-order chi connectivity index (χ0) is 7.98. The maximum atomic E-state index is 10.8. The molecule has 1 unspecified atom stereocenters. The molecule has 0 fully saturated rings. The van der Waals surface area contributed by atoms with Crippen LogP contribution in [0.5, 0.6) is 0 Å². The highest BCUT2D eigenvalue weighted by Crippen LogP contribution is 2.04. The van der Waals surface area contributed by atoms with Gasteiger partial charge in [-0.3, -0.25) is 4.79 Å². The smallest absolute Gasteiger partial charge is 0.310 e. The van der Waals surface area contributed by atoms with E-state index in [4.69, 9.17) is 11.6 Å². The van der Waals surface area contributed by atoms with Crippen molar-refractivity contribution in [2.24, 2.45) is 5.92 Å². The molecule has 0 aromatic heterocycles. The van der Waals surface area contributed by atoms with Crippen LogP contribution in [0.4, 0.5) is 0 Å². The second kappa shape index (κ2) is 5.30. The highest BCUT2D eigenvalue weighted by atomic mass is 35.5. The predicted octanol–water partition coefficient (Wildman–Crippen LogP) is 1.94. The quantitative estimate of drug-likeness (QED) is 0.359. The number of carbonyl (C=O) groups excluding carboxylic acids is 1. The first-order chi connectivity index (χ1) is 4.72. The summed E-state index contributed by atoms with van der Waals surface area (Å²) in [5.41, 5.74) is 0. The van der Waals surface area contributed by atoms with Crippen LogP contribution in [0.1, 0.15) is 13.3 Å². The molecular formula is C7H11ClO2. The van der Waals surface area contributed by atoms with Gasteiger partial charge in [-0.25, -0.2) is 0 Å². The fourth-order valence-corrected chi connectivity index (χ4v) is 0.650. The number of allylic oxidation sites excluding steroid dienone is 1. The first-order valence-corrected chi connectivity index (χ1v) is 3.59. The summed E-state index contributed by atoms with van der Waals surface area (Å²) in [5, 5.41) is 0. The maximum Gasteiger partial charge on any atom is 0.310 e. The van der Waals surface area contributed by atoms with E-state index < -0.39 is 0 Å². The van der Waals surface area contributed by atoms with E-state index in [-0.39, 0.29) is 18.0 Å². The van der Waals surface area contributed by atoms with Crippen LogP contribution in [0.3, 0.4) is 0 Å². The van der Waals surface area contributed by atoms with E-state index in [1.54, 1.807) is 13.0 Å². The molecule has 3 heteroatoms. The number of hydrogen-bond donors (Lipinski definition) is 0. The SMILES string of the molecule is C=CCC(C)C(=O)OCCl. The van der Waals surface area contributed by atoms with Gasteiger partial charge in [0, 0.05) is 0 Å². The Hall–Kier alpha value is -0.500. The Balaban J connectivity index is 3.58. The Morgan fingerprint density at radius 2 is 2.50 bits per heavy atom. The third kappa shape index (κ3) is 3.51. The van der Waals surface area contributed by atoms with Gasteiger partial charge in [0.2, 0.25) is 0 Å². The summed E-state index contributed by atoms with van der Waals surface area (Å²) in [4.78, 5) is 10.8. The average Bonchev–Trinajstić information content (AvgIpc) is 1.89. The van der Waals surface area contributed by atoms with E-state index in [1.807, 2.05) is 0 Å². The molecule has 1 atom stereocenters. The van der Waals surface area contributed by atoms with Gasteiger partial charge >= 0.3 is 5.97 Å². The van der Waals surface area contributed by atoms with Crippen LogP contribution in [-0.2, 0) is 9.53 Å². The molecule has 0 rings (SSSR count). The van der Waals surface area contributed by atoms with Crippen molar-refractivity contribution >= 4 is 17.6 Å². The van der Waals surface area contributed by atoms with E-state index in [9.17, 15) is 4.79 Å². The molecule has 0 aromatic rings. The van der Waals surface area contributed by atoms with Gasteiger partial charge in [-0.05, 0) is 6.42 Å². The minimum atomic E-state index is -0.269. The summed E-state index contributed by atoms with van der Waals surface area (Å²) in [6, 6.07) is -0.0691. The Bertz CT molecular complexity index is 123. The summed E-state index contributed by atoms with van der Waals surface area (Å²) in [6.45, 7) is 5.28. The summed E-state index contributed by atoms with van der Waals surface area (Å²) in [6.07, 6.45) is 2.32. The van der Waals surface area contributed by atoms with Crippen molar-refractivity contribution in [2.75, 3.05) is 6.07 Å². The molecule has 0 aliphatic rings. The second-order valence-corrected chi connectivity index (χ2v) is 2.22. The minimum absolute atomic E-state index is 0.0691. The lowest BCUT2D eigenvalue weighted by molar-refractivity contribution is -0.145. The molecule has 0 aliphatic carbocycles. The number of rotatable bonds is 4. The number of alkyl halides is 1. The molecule has 0 aliphatic heterocycles. The highest BCUT2D eigenvalue weighted by Gasteiger charge is 2.10. The molecular weight excluding hydrogens is 152 g/mol. The Labute approximate surface area is 65.8 Å². The van der Waals surface area contributed by atoms with Crippen LogP contribution in [0.2, 0.25) is 0 Å². The first-order valence-electron chi connectivity index (χ1n) is 3.05. The predicted molar refractivity (Wildman–Crippen MR) is 40.8 cm³/mol. The number of halogens is 1. The first kappa shape index (κ1) is 9.50. The molecule has 0 heterocycles. The molecule has 0 radical (unpaired) electrons. The van der Waals surface area contributed by atoms with E-state index in [0.29, 0.717) is 6.42 Å². The molecule has 58 valence electrons. The van der Waals surface area contributed by atoms with Gasteiger partial charge in [0.1, 0.15) is 0 Å². The van der Waals surface area contributed by atoms with Crippen molar-refractivity contribution in [3.05, 3.63) is 12.7 Å². The minimum Gasteiger partial charge on any atom is -0.449 e. The molecule has 0 saturated heterocycles. The van der Waals surface area contributed by atoms with Crippen molar-refractivity contribution in [3.63, 3.8) is 0 Å². The normalized spacial score (nSPS) is 12.2. The molecule has 0 amide bonds. The standard InChI is InChI=1S/C7H11ClO2/c1-3-4-6(2)7(9)10-5-8/h3,6H,1,4-5H2,2H3. The number of carbonyl (C=O) groups is 1. The van der Waals surface area contributed by atoms with E-state index in [0.717, 1.165) is 0 Å². The van der Waals surface area contributed by atoms with Crippen molar-refractivity contribution in [3.8, 4) is 0 Å². The van der Waals surface area contributed by atoms with Gasteiger partial charge in [0.25, 0.3) is 0 Å². The van der Waals surface area contributed by atoms with Crippen LogP contribution >= 0.6 is 11.6 Å². The van der Waals surface area contributed by atoms with Crippen LogP contribution in [0, 0.1) is 5.92 Å². The maximum absolute atomic E-state index is 10.8. The molecule has 0 N–H and O–H groups in total. The fraction of sp³-hybridized carbons (Fsp3) is 0.571. The van der Waals surface area contributed by atoms with Crippen LogP contribution in [-0.4, -0.2) is 12.0 Å². The van der Waals surface area contributed by atoms with E-state index in [1.165, 1.54) is 0 Å². The van der Waals surface area contributed by atoms with Crippen LogP contribution in [0.25, 0.3) is 0 Å². The summed E-state index contributed by atoms with van der Waals surface area (Å²) >= 11 is 5.17. The zero-order valence-electron chi connectivity index (χ0n) is 5.97. The summed E-state index contributed by atoms with van der Waals surface area (Å²) in [5.74, 6) is -0.397.